The summed E-state index contributed by atoms with van der Waals surface area (Å²) in [4.78, 5) is 11.1. The minimum Gasteiger partial charge on any atom is -0.378 e. The number of carbonyl (C=O) groups is 1. The van der Waals surface area contributed by atoms with Gasteiger partial charge in [0.1, 0.15) is 0 Å². The van der Waals surface area contributed by atoms with E-state index in [9.17, 15) is 4.79 Å². The van der Waals surface area contributed by atoms with Crippen molar-refractivity contribution in [3.05, 3.63) is 35.7 Å². The highest BCUT2D eigenvalue weighted by Crippen LogP contribution is 2.18. The van der Waals surface area contributed by atoms with Gasteiger partial charge in [-0.2, -0.15) is 5.10 Å². The van der Waals surface area contributed by atoms with E-state index < -0.39 is 5.91 Å². The lowest BCUT2D eigenvalue weighted by Crippen LogP contribution is -2.11. The Bertz CT molecular complexity index is 585. The average Bonchev–Trinajstić information content (AvgIpc) is 2.96. The largest absolute Gasteiger partial charge is 0.378 e. The molecule has 1 fully saturated rings. The number of hydrogen-bond acceptors (Lipinski definition) is 3. The molecule has 3 heterocycles. The van der Waals surface area contributed by atoms with E-state index in [1.54, 1.807) is 22.8 Å². The third-order valence-electron chi connectivity index (χ3n) is 3.26. The third-order valence-corrected chi connectivity index (χ3v) is 3.26. The summed E-state index contributed by atoms with van der Waals surface area (Å²) in [5, 5.41) is 4.46. The highest BCUT2D eigenvalue weighted by Gasteiger charge is 2.17. The summed E-state index contributed by atoms with van der Waals surface area (Å²) < 4.78 is 7.35. The number of fused-ring (bicyclic) bond motifs is 1. The number of amides is 1. The van der Waals surface area contributed by atoms with E-state index >= 15 is 0 Å². The molecule has 0 spiro atoms. The highest BCUT2D eigenvalue weighted by atomic mass is 16.5. The van der Waals surface area contributed by atoms with Crippen LogP contribution in [-0.2, 0) is 11.2 Å². The first-order valence-corrected chi connectivity index (χ1v) is 6.12. The third kappa shape index (κ3) is 2.09. The van der Waals surface area contributed by atoms with Crippen LogP contribution >= 0.6 is 0 Å². The Hall–Kier alpha value is -1.88. The van der Waals surface area contributed by atoms with Crippen LogP contribution in [0.3, 0.4) is 0 Å². The topological polar surface area (TPSA) is 69.6 Å². The molecule has 94 valence electrons. The molecular formula is C13H15N3O2. The monoisotopic (exact) mass is 245 g/mol. The van der Waals surface area contributed by atoms with Crippen LogP contribution < -0.4 is 5.73 Å². The second-order valence-corrected chi connectivity index (χ2v) is 4.62. The highest BCUT2D eigenvalue weighted by molar-refractivity contribution is 5.93. The summed E-state index contributed by atoms with van der Waals surface area (Å²) in [7, 11) is 0. The first kappa shape index (κ1) is 11.2. The van der Waals surface area contributed by atoms with E-state index in [2.05, 4.69) is 5.10 Å². The van der Waals surface area contributed by atoms with E-state index in [-0.39, 0.29) is 6.10 Å². The summed E-state index contributed by atoms with van der Waals surface area (Å²) in [6.07, 6.45) is 5.09. The van der Waals surface area contributed by atoms with Crippen LogP contribution in [0.5, 0.6) is 0 Å². The molecule has 0 aliphatic carbocycles. The molecule has 0 saturated carbocycles. The smallest absolute Gasteiger partial charge is 0.248 e. The lowest BCUT2D eigenvalue weighted by molar-refractivity contribution is 0.1000. The Morgan fingerprint density at radius 3 is 3.17 bits per heavy atom. The predicted molar refractivity (Wildman–Crippen MR) is 66.4 cm³/mol. The van der Waals surface area contributed by atoms with Crippen LogP contribution in [0.2, 0.25) is 0 Å². The van der Waals surface area contributed by atoms with E-state index in [0.717, 1.165) is 37.1 Å². The molecule has 5 heteroatoms. The molecule has 1 aliphatic heterocycles. The van der Waals surface area contributed by atoms with Crippen molar-refractivity contribution in [3.63, 3.8) is 0 Å². The van der Waals surface area contributed by atoms with E-state index in [1.165, 1.54) is 0 Å². The zero-order valence-corrected chi connectivity index (χ0v) is 10.0. The first-order valence-electron chi connectivity index (χ1n) is 6.12. The van der Waals surface area contributed by atoms with Crippen LogP contribution in [0.25, 0.3) is 5.52 Å². The Morgan fingerprint density at radius 1 is 1.56 bits per heavy atom. The van der Waals surface area contributed by atoms with Gasteiger partial charge in [0.2, 0.25) is 5.91 Å². The number of ether oxygens (including phenoxy) is 1. The van der Waals surface area contributed by atoms with Gasteiger partial charge in [-0.3, -0.25) is 4.79 Å². The van der Waals surface area contributed by atoms with Crippen molar-refractivity contribution in [1.29, 1.82) is 0 Å². The fourth-order valence-corrected chi connectivity index (χ4v) is 2.34. The molecule has 3 rings (SSSR count). The molecule has 0 aromatic carbocycles. The predicted octanol–water partition coefficient (Wildman–Crippen LogP) is 1.15. The second kappa shape index (κ2) is 4.42. The van der Waals surface area contributed by atoms with Gasteiger partial charge in [-0.15, -0.1) is 0 Å². The molecule has 1 amide bonds. The molecule has 1 aliphatic rings. The minimum absolute atomic E-state index is 0.283. The van der Waals surface area contributed by atoms with Crippen LogP contribution in [0.15, 0.2) is 24.4 Å². The lowest BCUT2D eigenvalue weighted by Gasteiger charge is -2.05. The summed E-state index contributed by atoms with van der Waals surface area (Å²) >= 11 is 0. The lowest BCUT2D eigenvalue weighted by atomic mass is 10.1. The van der Waals surface area contributed by atoms with Gasteiger partial charge in [-0.05, 0) is 31.0 Å². The van der Waals surface area contributed by atoms with E-state index in [0.29, 0.717) is 5.56 Å². The average molecular weight is 245 g/mol. The molecule has 1 unspecified atom stereocenters. The Balaban J connectivity index is 1.87. The van der Waals surface area contributed by atoms with Gasteiger partial charge in [0, 0.05) is 24.8 Å². The molecule has 1 saturated heterocycles. The summed E-state index contributed by atoms with van der Waals surface area (Å²) in [6, 6.07) is 5.42. The van der Waals surface area contributed by atoms with Crippen molar-refractivity contribution in [2.75, 3.05) is 6.61 Å². The quantitative estimate of drug-likeness (QED) is 0.882. The molecule has 5 nitrogen and oxygen atoms in total. The van der Waals surface area contributed by atoms with Crippen molar-refractivity contribution in [1.82, 2.24) is 9.61 Å². The van der Waals surface area contributed by atoms with Gasteiger partial charge in [-0.25, -0.2) is 4.52 Å². The van der Waals surface area contributed by atoms with Gasteiger partial charge >= 0.3 is 0 Å². The Morgan fingerprint density at radius 2 is 2.44 bits per heavy atom. The van der Waals surface area contributed by atoms with Crippen LogP contribution in [-0.4, -0.2) is 28.2 Å². The van der Waals surface area contributed by atoms with Gasteiger partial charge < -0.3 is 10.5 Å². The summed E-state index contributed by atoms with van der Waals surface area (Å²) in [5.74, 6) is -0.417. The maximum Gasteiger partial charge on any atom is 0.248 e. The number of carbonyl (C=O) groups excluding carboxylic acids is 1. The number of nitrogens with zero attached hydrogens (tertiary/aromatic N) is 2. The van der Waals surface area contributed by atoms with Crippen molar-refractivity contribution in [3.8, 4) is 0 Å². The van der Waals surface area contributed by atoms with Gasteiger partial charge in [0.05, 0.1) is 17.3 Å². The standard InChI is InChI=1S/C13H15N3O2/c14-13(17)9-3-4-16-11(6-9)7-10(15-16)8-12-2-1-5-18-12/h3-4,6-7,12H,1-2,5,8H2,(H2,14,17). The van der Waals surface area contributed by atoms with Gasteiger partial charge in [-0.1, -0.05) is 0 Å². The Kier molecular flexibility index (Phi) is 2.76. The van der Waals surface area contributed by atoms with Gasteiger partial charge in [0.25, 0.3) is 0 Å². The molecule has 1 atom stereocenters. The summed E-state index contributed by atoms with van der Waals surface area (Å²) in [6.45, 7) is 0.851. The van der Waals surface area contributed by atoms with Crippen molar-refractivity contribution < 1.29 is 9.53 Å². The van der Waals surface area contributed by atoms with Crippen molar-refractivity contribution in [2.45, 2.75) is 25.4 Å². The molecule has 0 bridgehead atoms. The number of nitrogens with two attached hydrogens (primary N) is 1. The van der Waals surface area contributed by atoms with E-state index in [1.807, 2.05) is 6.07 Å². The first-order chi connectivity index (χ1) is 8.72. The number of rotatable bonds is 3. The fraction of sp³-hybridized carbons (Fsp3) is 0.385. The SMILES string of the molecule is NC(=O)c1ccn2nc(CC3CCCO3)cc2c1. The van der Waals surface area contributed by atoms with Crippen LogP contribution in [0.1, 0.15) is 28.9 Å². The molecule has 18 heavy (non-hydrogen) atoms. The van der Waals surface area contributed by atoms with Crippen LogP contribution in [0, 0.1) is 0 Å². The fourth-order valence-electron chi connectivity index (χ4n) is 2.34. The second-order valence-electron chi connectivity index (χ2n) is 4.62. The molecule has 2 aromatic heterocycles. The van der Waals surface area contributed by atoms with E-state index in [4.69, 9.17) is 10.5 Å². The Labute approximate surface area is 105 Å². The molecule has 2 aromatic rings. The minimum atomic E-state index is -0.417. The number of pyridine rings is 1. The maximum atomic E-state index is 11.1. The molecule has 2 N–H and O–H groups in total. The number of primary amides is 1. The zero-order chi connectivity index (χ0) is 12.5. The maximum absolute atomic E-state index is 11.1. The number of hydrogen-bond donors (Lipinski definition) is 1. The summed E-state index contributed by atoms with van der Waals surface area (Å²) in [5.41, 5.74) is 7.64. The number of aromatic nitrogens is 2. The van der Waals surface area contributed by atoms with Gasteiger partial charge in [0.15, 0.2) is 0 Å². The zero-order valence-electron chi connectivity index (χ0n) is 10.0. The molecule has 0 radical (unpaired) electrons. The van der Waals surface area contributed by atoms with Crippen LogP contribution in [0.4, 0.5) is 0 Å². The normalized spacial score (nSPS) is 19.4. The van der Waals surface area contributed by atoms with Crippen molar-refractivity contribution >= 4 is 11.4 Å². The molecular weight excluding hydrogens is 230 g/mol. The van der Waals surface area contributed by atoms with Crippen molar-refractivity contribution in [2.24, 2.45) is 5.73 Å².